The van der Waals surface area contributed by atoms with E-state index >= 15 is 0 Å². The molecular weight excluding hydrogens is 496 g/mol. The lowest BCUT2D eigenvalue weighted by Crippen LogP contribution is -2.42. The Morgan fingerprint density at radius 1 is 1.35 bits per heavy atom. The Morgan fingerprint density at radius 3 is 2.81 bits per heavy atom. The van der Waals surface area contributed by atoms with Crippen molar-refractivity contribution in [2.75, 3.05) is 52.2 Å². The van der Waals surface area contributed by atoms with Crippen molar-refractivity contribution in [1.29, 1.82) is 0 Å². The fraction of sp³-hybridized carbons (Fsp3) is 0.520. The first-order valence-electron chi connectivity index (χ1n) is 12.6. The number of amides is 1. The van der Waals surface area contributed by atoms with E-state index < -0.39 is 6.23 Å². The molecule has 1 unspecified atom stereocenters. The molecule has 0 aliphatic carbocycles. The predicted octanol–water partition coefficient (Wildman–Crippen LogP) is 1.18. The molecule has 0 bridgehead atoms. The number of ether oxygens (including phenoxy) is 1. The maximum absolute atomic E-state index is 13.2. The minimum atomic E-state index is -1.14. The summed E-state index contributed by atoms with van der Waals surface area (Å²) in [5.74, 6) is 1.06. The van der Waals surface area contributed by atoms with E-state index in [0.29, 0.717) is 25.2 Å². The lowest BCUT2D eigenvalue weighted by Gasteiger charge is -2.28. The van der Waals surface area contributed by atoms with Crippen LogP contribution in [0.1, 0.15) is 42.0 Å². The number of hydrogen-bond acceptors (Lipinski definition) is 8. The number of nitrogen functional groups attached to an aromatic ring is 1. The highest BCUT2D eigenvalue weighted by Crippen LogP contribution is 2.20. The summed E-state index contributed by atoms with van der Waals surface area (Å²) in [4.78, 5) is 25.4. The Labute approximate surface area is 221 Å². The standard InChI is InChI=1S/C25H36ClN8O3/c1-4-33-18-7-6-17(25(36)31(3)8-9-32-10-12-37-13-11-32)14-19(18)34(5-2)21(33)16-29-24(35)22-23(27)28-15-20(26)30-22/h6-7,14-15,24,29,35H,4-5,8-13,16H2,1-3H3,(H2,27,28)/q+1. The highest BCUT2D eigenvalue weighted by atomic mass is 35.5. The van der Waals surface area contributed by atoms with Crippen molar-refractivity contribution in [3.63, 3.8) is 0 Å². The topological polar surface area (TPSA) is 126 Å². The number of nitrogens with one attached hydrogen (secondary N) is 1. The van der Waals surface area contributed by atoms with Gasteiger partial charge in [-0.15, -0.1) is 0 Å². The average molecular weight is 532 g/mol. The van der Waals surface area contributed by atoms with E-state index in [4.69, 9.17) is 22.1 Å². The third-order valence-corrected chi connectivity index (χ3v) is 6.96. The molecule has 1 aliphatic heterocycles. The number of likely N-dealkylation sites (N-methyl/N-ethyl adjacent to an activating group) is 1. The smallest absolute Gasteiger partial charge is 0.271 e. The second-order valence-corrected chi connectivity index (χ2v) is 9.42. The van der Waals surface area contributed by atoms with Crippen molar-refractivity contribution < 1.29 is 19.2 Å². The van der Waals surface area contributed by atoms with Gasteiger partial charge >= 0.3 is 0 Å². The molecule has 4 rings (SSSR count). The summed E-state index contributed by atoms with van der Waals surface area (Å²) in [5.41, 5.74) is 8.69. The second-order valence-electron chi connectivity index (χ2n) is 9.04. The van der Waals surface area contributed by atoms with Gasteiger partial charge in [-0.1, -0.05) is 11.6 Å². The Balaban J connectivity index is 1.54. The summed E-state index contributed by atoms with van der Waals surface area (Å²) in [6.07, 6.45) is 0.198. The van der Waals surface area contributed by atoms with E-state index in [0.717, 1.165) is 56.3 Å². The van der Waals surface area contributed by atoms with Crippen molar-refractivity contribution in [3.05, 3.63) is 46.6 Å². The number of aryl methyl sites for hydroxylation is 2. The van der Waals surface area contributed by atoms with E-state index in [1.54, 1.807) is 4.90 Å². The predicted molar refractivity (Wildman–Crippen MR) is 141 cm³/mol. The summed E-state index contributed by atoms with van der Waals surface area (Å²) < 4.78 is 9.73. The fourth-order valence-corrected chi connectivity index (χ4v) is 4.88. The van der Waals surface area contributed by atoms with Crippen LogP contribution < -0.4 is 15.6 Å². The zero-order valence-electron chi connectivity index (χ0n) is 21.7. The van der Waals surface area contributed by atoms with Crippen LogP contribution >= 0.6 is 11.6 Å². The largest absolute Gasteiger partial charge is 0.382 e. The molecule has 12 heteroatoms. The van der Waals surface area contributed by atoms with Gasteiger partial charge in [0.05, 0.1) is 32.5 Å². The molecule has 11 nitrogen and oxygen atoms in total. The van der Waals surface area contributed by atoms with Crippen molar-refractivity contribution in [2.24, 2.45) is 0 Å². The third-order valence-electron chi connectivity index (χ3n) is 6.77. The van der Waals surface area contributed by atoms with Crippen molar-refractivity contribution in [1.82, 2.24) is 29.7 Å². The Bertz CT molecular complexity index is 1240. The number of rotatable bonds is 10. The number of nitrogens with two attached hydrogens (primary N) is 1. The molecule has 2 aromatic heterocycles. The van der Waals surface area contributed by atoms with Crippen LogP contribution in [-0.2, 0) is 24.4 Å². The Morgan fingerprint density at radius 2 is 2.11 bits per heavy atom. The molecule has 3 aromatic rings. The molecule has 1 fully saturated rings. The van der Waals surface area contributed by atoms with Crippen molar-refractivity contribution in [3.8, 4) is 0 Å². The van der Waals surface area contributed by atoms with E-state index in [1.807, 2.05) is 25.2 Å². The molecule has 0 radical (unpaired) electrons. The monoisotopic (exact) mass is 531 g/mol. The van der Waals surface area contributed by atoms with Crippen LogP contribution in [0.25, 0.3) is 11.0 Å². The Kier molecular flexibility index (Phi) is 8.93. The molecular formula is C25H36ClN8O3+. The molecule has 0 spiro atoms. The molecule has 1 amide bonds. The molecule has 1 aromatic carbocycles. The number of fused-ring (bicyclic) bond motifs is 1. The minimum absolute atomic E-state index is 0.00726. The van der Waals surface area contributed by atoms with Crippen LogP contribution in [0.15, 0.2) is 24.4 Å². The van der Waals surface area contributed by atoms with Gasteiger partial charge in [0.25, 0.3) is 11.7 Å². The first kappa shape index (κ1) is 27.2. The summed E-state index contributed by atoms with van der Waals surface area (Å²) >= 11 is 5.93. The molecule has 1 atom stereocenters. The van der Waals surface area contributed by atoms with Gasteiger partial charge < -0.3 is 20.5 Å². The normalized spacial score (nSPS) is 15.3. The molecule has 3 heterocycles. The summed E-state index contributed by atoms with van der Waals surface area (Å²) in [7, 11) is 1.85. The van der Waals surface area contributed by atoms with Crippen molar-refractivity contribution in [2.45, 2.75) is 39.7 Å². The minimum Gasteiger partial charge on any atom is -0.382 e. The Hall–Kier alpha value is -2.83. The number of aliphatic hydroxyl groups is 1. The van der Waals surface area contributed by atoms with Gasteiger partial charge in [-0.3, -0.25) is 15.0 Å². The van der Waals surface area contributed by atoms with E-state index in [9.17, 15) is 9.90 Å². The quantitative estimate of drug-likeness (QED) is 0.263. The number of morpholine rings is 1. The van der Waals surface area contributed by atoms with Gasteiger partial charge in [-0.05, 0) is 26.0 Å². The van der Waals surface area contributed by atoms with Crippen LogP contribution in [0.4, 0.5) is 5.82 Å². The second kappa shape index (κ2) is 12.1. The lowest BCUT2D eigenvalue weighted by molar-refractivity contribution is -0.676. The van der Waals surface area contributed by atoms with Crippen LogP contribution in [-0.4, -0.2) is 81.8 Å². The van der Waals surface area contributed by atoms with Crippen LogP contribution in [0.5, 0.6) is 0 Å². The number of benzene rings is 1. The number of imidazole rings is 1. The van der Waals surface area contributed by atoms with Crippen molar-refractivity contribution >= 4 is 34.4 Å². The van der Waals surface area contributed by atoms with Crippen LogP contribution in [0, 0.1) is 0 Å². The molecule has 1 aliphatic rings. The number of halogens is 1. The SMILES string of the molecule is CCn1c(CNC(O)c2nc(Cl)cnc2N)[n+](CC)c2ccc(C(=O)N(C)CCN3CCOCC3)cc21. The first-order valence-corrected chi connectivity index (χ1v) is 13.0. The van der Waals surface area contributed by atoms with Gasteiger partial charge in [0.2, 0.25) is 0 Å². The molecule has 1 saturated heterocycles. The number of aromatic nitrogens is 4. The fourth-order valence-electron chi connectivity index (χ4n) is 4.74. The zero-order chi connectivity index (χ0) is 26.5. The number of carbonyl (C=O) groups is 1. The average Bonchev–Trinajstić information content (AvgIpc) is 3.23. The van der Waals surface area contributed by atoms with E-state index in [-0.39, 0.29) is 22.6 Å². The highest BCUT2D eigenvalue weighted by molar-refractivity contribution is 6.29. The van der Waals surface area contributed by atoms with Gasteiger partial charge in [-0.2, -0.15) is 0 Å². The first-order chi connectivity index (χ1) is 17.8. The van der Waals surface area contributed by atoms with Gasteiger partial charge in [0.1, 0.15) is 23.2 Å². The molecule has 200 valence electrons. The van der Waals surface area contributed by atoms with Crippen LogP contribution in [0.3, 0.4) is 0 Å². The molecule has 4 N–H and O–H groups in total. The molecule has 0 saturated carbocycles. The van der Waals surface area contributed by atoms with Gasteiger partial charge in [0, 0.05) is 44.9 Å². The third kappa shape index (κ3) is 6.02. The number of carbonyl (C=O) groups excluding carboxylic acids is 1. The maximum atomic E-state index is 13.2. The lowest BCUT2D eigenvalue weighted by atomic mass is 10.1. The summed E-state index contributed by atoms with van der Waals surface area (Å²) in [6.45, 7) is 10.7. The number of anilines is 1. The summed E-state index contributed by atoms with van der Waals surface area (Å²) in [6, 6.07) is 5.84. The number of aliphatic hydroxyl groups excluding tert-OH is 1. The number of nitrogens with zero attached hydrogens (tertiary/aromatic N) is 6. The van der Waals surface area contributed by atoms with Crippen LogP contribution in [0.2, 0.25) is 5.15 Å². The zero-order valence-corrected chi connectivity index (χ0v) is 22.4. The maximum Gasteiger partial charge on any atom is 0.271 e. The summed E-state index contributed by atoms with van der Waals surface area (Å²) in [5, 5.41) is 13.9. The van der Waals surface area contributed by atoms with Gasteiger partial charge in [-0.25, -0.2) is 19.1 Å². The molecule has 37 heavy (non-hydrogen) atoms. The number of hydrogen-bond donors (Lipinski definition) is 3. The van der Waals surface area contributed by atoms with E-state index in [2.05, 4.69) is 43.2 Å². The van der Waals surface area contributed by atoms with E-state index in [1.165, 1.54) is 6.20 Å². The highest BCUT2D eigenvalue weighted by Gasteiger charge is 2.26. The van der Waals surface area contributed by atoms with Gasteiger partial charge in [0.15, 0.2) is 17.3 Å².